The van der Waals surface area contributed by atoms with Gasteiger partial charge in [0.1, 0.15) is 18.0 Å². The molecule has 1 aromatic rings. The maximum atomic E-state index is 13.2. The summed E-state index contributed by atoms with van der Waals surface area (Å²) in [6.07, 6.45) is 0.837. The van der Waals surface area contributed by atoms with Gasteiger partial charge in [-0.15, -0.1) is 0 Å². The van der Waals surface area contributed by atoms with E-state index in [4.69, 9.17) is 21.7 Å². The minimum atomic E-state index is -1.40. The van der Waals surface area contributed by atoms with Crippen molar-refractivity contribution in [2.24, 2.45) is 10.8 Å². The fraction of sp³-hybridized carbons (Fsp3) is 0.560. The zero-order valence-corrected chi connectivity index (χ0v) is 22.0. The van der Waals surface area contributed by atoms with E-state index in [0.29, 0.717) is 10.6 Å². The Bertz CT molecular complexity index is 927. The molecule has 186 valence electrons. The lowest BCUT2D eigenvalue weighted by molar-refractivity contribution is -0.157. The number of nitriles is 1. The fourth-order valence-corrected chi connectivity index (χ4v) is 5.56. The lowest BCUT2D eigenvalue weighted by Gasteiger charge is -2.37. The summed E-state index contributed by atoms with van der Waals surface area (Å²) < 4.78 is 9.49. The first-order valence-corrected chi connectivity index (χ1v) is 12.3. The van der Waals surface area contributed by atoms with E-state index < -0.39 is 27.5 Å². The van der Waals surface area contributed by atoms with Gasteiger partial charge in [0.25, 0.3) is 0 Å². The molecule has 0 amide bonds. The van der Waals surface area contributed by atoms with Gasteiger partial charge in [-0.25, -0.2) is 0 Å². The van der Waals surface area contributed by atoms with Crippen molar-refractivity contribution >= 4 is 46.1 Å². The molecule has 1 N–H and O–H groups in total. The Morgan fingerprint density at radius 2 is 1.65 bits per heavy atom. The molecule has 7 nitrogen and oxygen atoms in total. The molecule has 0 saturated heterocycles. The molecular weight excluding hydrogens is 474 g/mol. The quantitative estimate of drug-likeness (QED) is 0.220. The summed E-state index contributed by atoms with van der Waals surface area (Å²) in [5.74, 6) is -2.16. The first-order chi connectivity index (χ1) is 15.8. The number of benzene rings is 1. The number of esters is 2. The third-order valence-electron chi connectivity index (χ3n) is 5.17. The highest BCUT2D eigenvalue weighted by molar-refractivity contribution is 8.25. The topological polar surface area (TPSA) is 114 Å². The number of carbonyl (C=O) groups excluding carboxylic acids is 2. The molecule has 0 saturated carbocycles. The number of hydrogen-bond donors (Lipinski definition) is 1. The summed E-state index contributed by atoms with van der Waals surface area (Å²) in [7, 11) is 0. The Morgan fingerprint density at radius 3 is 2.18 bits per heavy atom. The summed E-state index contributed by atoms with van der Waals surface area (Å²) in [5, 5.41) is 19.5. The van der Waals surface area contributed by atoms with Crippen molar-refractivity contribution in [1.82, 2.24) is 0 Å². The van der Waals surface area contributed by atoms with Crippen molar-refractivity contribution in [2.75, 3.05) is 13.2 Å². The van der Waals surface area contributed by atoms with Crippen LogP contribution in [0.4, 0.5) is 0 Å². The van der Waals surface area contributed by atoms with Crippen molar-refractivity contribution < 1.29 is 29.0 Å². The van der Waals surface area contributed by atoms with Crippen LogP contribution < -0.4 is 0 Å². The zero-order chi connectivity index (χ0) is 26.0. The molecule has 0 radical (unpaired) electrons. The number of thioether (sulfide) groups is 1. The predicted octanol–water partition coefficient (Wildman–Crippen LogP) is 5.16. The molecular formula is C25H33NO6S2. The Morgan fingerprint density at radius 1 is 1.06 bits per heavy atom. The number of carboxylic acid groups (broad SMARTS) is 1. The molecule has 0 aliphatic rings. The molecule has 34 heavy (non-hydrogen) atoms. The number of aliphatic carboxylic acids is 1. The second-order valence-electron chi connectivity index (χ2n) is 9.31. The minimum absolute atomic E-state index is 0.0298. The third kappa shape index (κ3) is 9.07. The first-order valence-electron chi connectivity index (χ1n) is 11.0. The van der Waals surface area contributed by atoms with Gasteiger partial charge in [-0.1, -0.05) is 61.2 Å². The fourth-order valence-electron chi connectivity index (χ4n) is 3.68. The van der Waals surface area contributed by atoms with E-state index in [9.17, 15) is 24.8 Å². The highest BCUT2D eigenvalue weighted by atomic mass is 32.2. The second-order valence-corrected chi connectivity index (χ2v) is 11.5. The molecule has 0 fully saturated rings. The van der Waals surface area contributed by atoms with Crippen LogP contribution in [0.15, 0.2) is 30.3 Å². The first kappa shape index (κ1) is 29.6. The number of ether oxygens (including phenoxy) is 2. The van der Waals surface area contributed by atoms with Gasteiger partial charge in [-0.3, -0.25) is 14.4 Å². The Hall–Kier alpha value is -2.44. The monoisotopic (exact) mass is 507 g/mol. The molecule has 0 aromatic heterocycles. The molecule has 0 spiro atoms. The number of hydrogen-bond acceptors (Lipinski definition) is 8. The number of rotatable bonds is 13. The molecule has 9 heteroatoms. The highest BCUT2D eigenvalue weighted by Gasteiger charge is 2.49. The zero-order valence-electron chi connectivity index (χ0n) is 20.4. The number of nitrogens with zero attached hydrogens (tertiary/aromatic N) is 1. The summed E-state index contributed by atoms with van der Waals surface area (Å²) in [6, 6.07) is 11.2. The van der Waals surface area contributed by atoms with Crippen LogP contribution in [0.5, 0.6) is 0 Å². The predicted molar refractivity (Wildman–Crippen MR) is 135 cm³/mol. The van der Waals surface area contributed by atoms with Crippen LogP contribution in [-0.4, -0.2) is 45.2 Å². The lowest BCUT2D eigenvalue weighted by Crippen LogP contribution is -2.45. The SMILES string of the molecule is CCCC(=O)OCCOC(=O)C(C)(CC(C)(CC(C)(C)C#N)C(=O)O)SC(=S)c1ccccc1. The third-order valence-corrected chi connectivity index (χ3v) is 6.84. The van der Waals surface area contributed by atoms with Crippen LogP contribution in [0.1, 0.15) is 65.9 Å². The second kappa shape index (κ2) is 12.9. The van der Waals surface area contributed by atoms with Gasteiger partial charge in [0.15, 0.2) is 0 Å². The van der Waals surface area contributed by atoms with E-state index in [1.54, 1.807) is 20.8 Å². The van der Waals surface area contributed by atoms with Crippen molar-refractivity contribution in [3.05, 3.63) is 35.9 Å². The van der Waals surface area contributed by atoms with Crippen molar-refractivity contribution in [3.8, 4) is 6.07 Å². The Labute approximate surface area is 211 Å². The number of thiocarbonyl (C=S) groups is 1. The van der Waals surface area contributed by atoms with E-state index in [-0.39, 0.29) is 38.4 Å². The minimum Gasteiger partial charge on any atom is -0.481 e. The molecule has 1 aromatic carbocycles. The summed E-state index contributed by atoms with van der Waals surface area (Å²) in [5.41, 5.74) is -1.60. The van der Waals surface area contributed by atoms with Gasteiger partial charge in [0.2, 0.25) is 0 Å². The van der Waals surface area contributed by atoms with Crippen molar-refractivity contribution in [2.45, 2.75) is 65.0 Å². The van der Waals surface area contributed by atoms with Gasteiger partial charge in [-0.05, 0) is 52.5 Å². The van der Waals surface area contributed by atoms with E-state index in [1.807, 2.05) is 37.3 Å². The number of carbonyl (C=O) groups is 3. The maximum absolute atomic E-state index is 13.2. The Balaban J connectivity index is 3.16. The lowest BCUT2D eigenvalue weighted by atomic mass is 9.70. The van der Waals surface area contributed by atoms with Gasteiger partial charge in [0, 0.05) is 6.42 Å². The Kier molecular flexibility index (Phi) is 11.2. The molecule has 0 heterocycles. The molecule has 1 rings (SSSR count). The van der Waals surface area contributed by atoms with Gasteiger partial charge < -0.3 is 14.6 Å². The van der Waals surface area contributed by atoms with Gasteiger partial charge in [0.05, 0.1) is 21.1 Å². The van der Waals surface area contributed by atoms with Crippen LogP contribution in [0.2, 0.25) is 0 Å². The van der Waals surface area contributed by atoms with E-state index >= 15 is 0 Å². The molecule has 2 unspecified atom stereocenters. The molecule has 0 aliphatic heterocycles. The summed E-state index contributed by atoms with van der Waals surface area (Å²) in [4.78, 5) is 37.1. The normalized spacial score (nSPS) is 14.7. The maximum Gasteiger partial charge on any atom is 0.322 e. The molecule has 2 atom stereocenters. The van der Waals surface area contributed by atoms with Crippen molar-refractivity contribution in [3.63, 3.8) is 0 Å². The highest BCUT2D eigenvalue weighted by Crippen LogP contribution is 2.45. The standard InChI is InChI=1S/C25H33NO6S2/c1-6-10-19(27)31-13-14-32-22(30)25(5,34-20(33)18-11-8-7-9-12-18)16-24(4,21(28)29)15-23(2,3)17-26/h7-9,11-12H,6,10,13-16H2,1-5H3,(H,28,29). The van der Waals surface area contributed by atoms with Gasteiger partial charge >= 0.3 is 17.9 Å². The van der Waals surface area contributed by atoms with Gasteiger partial charge in [-0.2, -0.15) is 5.26 Å². The smallest absolute Gasteiger partial charge is 0.322 e. The molecule has 0 aliphatic carbocycles. The average molecular weight is 508 g/mol. The average Bonchev–Trinajstić information content (AvgIpc) is 2.76. The van der Waals surface area contributed by atoms with Crippen LogP contribution in [-0.2, 0) is 23.9 Å². The van der Waals surface area contributed by atoms with E-state index in [0.717, 1.165) is 17.3 Å². The largest absolute Gasteiger partial charge is 0.481 e. The summed E-state index contributed by atoms with van der Waals surface area (Å²) >= 11 is 6.62. The van der Waals surface area contributed by atoms with Crippen LogP contribution in [0.25, 0.3) is 0 Å². The number of carboxylic acids is 1. The van der Waals surface area contributed by atoms with E-state index in [1.165, 1.54) is 6.92 Å². The van der Waals surface area contributed by atoms with Crippen LogP contribution in [0.3, 0.4) is 0 Å². The van der Waals surface area contributed by atoms with E-state index in [2.05, 4.69) is 6.07 Å². The van der Waals surface area contributed by atoms with Crippen LogP contribution in [0, 0.1) is 22.2 Å². The summed E-state index contributed by atoms with van der Waals surface area (Å²) in [6.45, 7) is 8.05. The molecule has 0 bridgehead atoms. The van der Waals surface area contributed by atoms with Crippen LogP contribution >= 0.6 is 24.0 Å². The van der Waals surface area contributed by atoms with Crippen molar-refractivity contribution in [1.29, 1.82) is 5.26 Å².